The van der Waals surface area contributed by atoms with Gasteiger partial charge in [0.2, 0.25) is 0 Å². The summed E-state index contributed by atoms with van der Waals surface area (Å²) in [5.41, 5.74) is 1.84. The van der Waals surface area contributed by atoms with Crippen LogP contribution in [0, 0.1) is 6.92 Å². The second-order valence-electron chi connectivity index (χ2n) is 5.37. The molecule has 1 aromatic carbocycles. The van der Waals surface area contributed by atoms with Gasteiger partial charge in [0.15, 0.2) is 17.3 Å². The minimum Gasteiger partial charge on any atom is -0.486 e. The van der Waals surface area contributed by atoms with Crippen molar-refractivity contribution in [3.05, 3.63) is 47.9 Å². The van der Waals surface area contributed by atoms with Gasteiger partial charge in [0.25, 0.3) is 5.89 Å². The van der Waals surface area contributed by atoms with Crippen LogP contribution in [-0.4, -0.2) is 28.3 Å². The molecule has 0 unspecified atom stereocenters. The van der Waals surface area contributed by atoms with Crippen LogP contribution >= 0.6 is 0 Å². The van der Waals surface area contributed by atoms with E-state index in [1.165, 1.54) is 0 Å². The number of pyridine rings is 1. The van der Waals surface area contributed by atoms with Crippen LogP contribution in [0.4, 0.5) is 5.82 Å². The van der Waals surface area contributed by atoms with Gasteiger partial charge >= 0.3 is 0 Å². The van der Waals surface area contributed by atoms with Gasteiger partial charge in [-0.3, -0.25) is 0 Å². The molecule has 0 saturated heterocycles. The summed E-state index contributed by atoms with van der Waals surface area (Å²) in [5, 5.41) is 7.10. The molecule has 7 nitrogen and oxygen atoms in total. The molecule has 0 spiro atoms. The minimum absolute atomic E-state index is 0.478. The van der Waals surface area contributed by atoms with Gasteiger partial charge in [-0.1, -0.05) is 17.3 Å². The molecule has 1 N–H and O–H groups in total. The summed E-state index contributed by atoms with van der Waals surface area (Å²) in [4.78, 5) is 8.55. The first-order chi connectivity index (χ1) is 11.8. The third-order valence-corrected chi connectivity index (χ3v) is 3.64. The maximum atomic E-state index is 5.72. The molecular weight excluding hydrogens is 308 g/mol. The first-order valence-electron chi connectivity index (χ1n) is 7.68. The topological polar surface area (TPSA) is 82.3 Å². The van der Waals surface area contributed by atoms with Crippen LogP contribution in [-0.2, 0) is 6.54 Å². The summed E-state index contributed by atoms with van der Waals surface area (Å²) < 4.78 is 16.5. The fourth-order valence-corrected chi connectivity index (χ4v) is 2.53. The van der Waals surface area contributed by atoms with E-state index in [4.69, 9.17) is 14.0 Å². The molecule has 1 aliphatic heterocycles. The number of hydrogen-bond acceptors (Lipinski definition) is 7. The quantitative estimate of drug-likeness (QED) is 0.790. The highest BCUT2D eigenvalue weighted by molar-refractivity contribution is 5.58. The fourth-order valence-electron chi connectivity index (χ4n) is 2.53. The number of fused-ring (bicyclic) bond motifs is 1. The maximum absolute atomic E-state index is 5.72. The Labute approximate surface area is 138 Å². The molecule has 0 atom stereocenters. The lowest BCUT2D eigenvalue weighted by atomic mass is 10.1. The van der Waals surface area contributed by atoms with Gasteiger partial charge in [-0.05, 0) is 25.1 Å². The zero-order chi connectivity index (χ0) is 16.4. The third kappa shape index (κ3) is 2.88. The van der Waals surface area contributed by atoms with Gasteiger partial charge in [0.1, 0.15) is 19.0 Å². The normalized spacial score (nSPS) is 12.9. The number of hydrogen-bond donors (Lipinski definition) is 1. The number of aryl methyl sites for hydroxylation is 1. The molecule has 4 rings (SSSR count). The molecule has 3 heterocycles. The molecule has 0 radical (unpaired) electrons. The van der Waals surface area contributed by atoms with Crippen molar-refractivity contribution in [3.63, 3.8) is 0 Å². The number of anilines is 1. The fraction of sp³-hybridized carbons (Fsp3) is 0.235. The van der Waals surface area contributed by atoms with Crippen LogP contribution in [0.5, 0.6) is 11.5 Å². The highest BCUT2D eigenvalue weighted by atomic mass is 16.6. The van der Waals surface area contributed by atoms with Crippen LogP contribution in [0.3, 0.4) is 0 Å². The molecule has 24 heavy (non-hydrogen) atoms. The molecule has 122 valence electrons. The Kier molecular flexibility index (Phi) is 3.74. The number of benzene rings is 1. The maximum Gasteiger partial charge on any atom is 0.258 e. The second kappa shape index (κ2) is 6.19. The van der Waals surface area contributed by atoms with Crippen molar-refractivity contribution in [1.82, 2.24) is 15.1 Å². The lowest BCUT2D eigenvalue weighted by Gasteiger charge is -2.21. The molecule has 3 aromatic rings. The first-order valence-corrected chi connectivity index (χ1v) is 7.68. The van der Waals surface area contributed by atoms with Crippen LogP contribution in [0.1, 0.15) is 11.4 Å². The molecular formula is C17H16N4O3. The van der Waals surface area contributed by atoms with Crippen LogP contribution in [0.2, 0.25) is 0 Å². The summed E-state index contributed by atoms with van der Waals surface area (Å²) in [6, 6.07) is 9.58. The number of para-hydroxylation sites is 1. The number of nitrogens with one attached hydrogen (secondary N) is 1. The Morgan fingerprint density at radius 1 is 1.17 bits per heavy atom. The number of rotatable bonds is 4. The number of ether oxygens (including phenoxy) is 2. The SMILES string of the molecule is Cc1noc(-c2ccnc(NCc3cccc4c3OCCO4)c2)n1. The number of aromatic nitrogens is 3. The van der Waals surface area contributed by atoms with E-state index in [0.717, 1.165) is 28.4 Å². The van der Waals surface area contributed by atoms with Crippen LogP contribution < -0.4 is 14.8 Å². The van der Waals surface area contributed by atoms with E-state index in [1.807, 2.05) is 30.3 Å². The molecule has 0 saturated carbocycles. The summed E-state index contributed by atoms with van der Waals surface area (Å²) >= 11 is 0. The zero-order valence-electron chi connectivity index (χ0n) is 13.2. The van der Waals surface area contributed by atoms with E-state index < -0.39 is 0 Å². The van der Waals surface area contributed by atoms with Crippen molar-refractivity contribution < 1.29 is 14.0 Å². The number of nitrogens with zero attached hydrogens (tertiary/aromatic N) is 3. The Hall–Kier alpha value is -3.09. The predicted molar refractivity (Wildman–Crippen MR) is 87.0 cm³/mol. The zero-order valence-corrected chi connectivity index (χ0v) is 13.2. The van der Waals surface area contributed by atoms with E-state index in [-0.39, 0.29) is 0 Å². The molecule has 0 amide bonds. The highest BCUT2D eigenvalue weighted by Gasteiger charge is 2.15. The molecule has 2 aromatic heterocycles. The molecule has 0 bridgehead atoms. The van der Waals surface area contributed by atoms with Gasteiger partial charge < -0.3 is 19.3 Å². The summed E-state index contributed by atoms with van der Waals surface area (Å²) in [5.74, 6) is 3.37. The standard InChI is InChI=1S/C17H16N4O3/c1-11-20-17(24-21-11)12-5-6-18-15(9-12)19-10-13-3-2-4-14-16(13)23-8-7-22-14/h2-6,9H,7-8,10H2,1H3,(H,18,19). The Balaban J connectivity index is 1.52. The van der Waals surface area contributed by atoms with Crippen LogP contribution in [0.15, 0.2) is 41.1 Å². The minimum atomic E-state index is 0.478. The van der Waals surface area contributed by atoms with E-state index in [9.17, 15) is 0 Å². The lowest BCUT2D eigenvalue weighted by molar-refractivity contribution is 0.170. The Bertz CT molecular complexity index is 863. The molecule has 0 aliphatic carbocycles. The Morgan fingerprint density at radius 3 is 2.96 bits per heavy atom. The molecule has 7 heteroatoms. The van der Waals surface area contributed by atoms with Gasteiger partial charge in [0.05, 0.1) is 0 Å². The van der Waals surface area contributed by atoms with Gasteiger partial charge in [-0.15, -0.1) is 0 Å². The molecule has 1 aliphatic rings. The average Bonchev–Trinajstić information content (AvgIpc) is 3.07. The van der Waals surface area contributed by atoms with E-state index in [0.29, 0.717) is 31.5 Å². The van der Waals surface area contributed by atoms with Gasteiger partial charge in [-0.2, -0.15) is 4.98 Å². The highest BCUT2D eigenvalue weighted by Crippen LogP contribution is 2.34. The van der Waals surface area contributed by atoms with Gasteiger partial charge in [0, 0.05) is 23.9 Å². The second-order valence-corrected chi connectivity index (χ2v) is 5.37. The smallest absolute Gasteiger partial charge is 0.258 e. The van der Waals surface area contributed by atoms with E-state index in [1.54, 1.807) is 13.1 Å². The summed E-state index contributed by atoms with van der Waals surface area (Å²) in [7, 11) is 0. The monoisotopic (exact) mass is 324 g/mol. The van der Waals surface area contributed by atoms with Crippen LogP contribution in [0.25, 0.3) is 11.5 Å². The third-order valence-electron chi connectivity index (χ3n) is 3.64. The predicted octanol–water partition coefficient (Wildman–Crippen LogP) is 2.82. The average molecular weight is 324 g/mol. The van der Waals surface area contributed by atoms with Crippen molar-refractivity contribution in [2.75, 3.05) is 18.5 Å². The van der Waals surface area contributed by atoms with Crippen molar-refractivity contribution in [2.24, 2.45) is 0 Å². The summed E-state index contributed by atoms with van der Waals surface area (Å²) in [6.07, 6.45) is 1.71. The van der Waals surface area contributed by atoms with Crippen molar-refractivity contribution >= 4 is 5.82 Å². The van der Waals surface area contributed by atoms with Gasteiger partial charge in [-0.25, -0.2) is 4.98 Å². The lowest BCUT2D eigenvalue weighted by Crippen LogP contribution is -2.17. The van der Waals surface area contributed by atoms with E-state index in [2.05, 4.69) is 20.4 Å². The summed E-state index contributed by atoms with van der Waals surface area (Å²) in [6.45, 7) is 3.51. The van der Waals surface area contributed by atoms with Crippen molar-refractivity contribution in [1.29, 1.82) is 0 Å². The Morgan fingerprint density at radius 2 is 2.08 bits per heavy atom. The largest absolute Gasteiger partial charge is 0.486 e. The molecule has 0 fully saturated rings. The van der Waals surface area contributed by atoms with E-state index >= 15 is 0 Å². The van der Waals surface area contributed by atoms with Crippen molar-refractivity contribution in [2.45, 2.75) is 13.5 Å². The van der Waals surface area contributed by atoms with Crippen molar-refractivity contribution in [3.8, 4) is 23.0 Å². The first kappa shape index (κ1) is 14.5.